The van der Waals surface area contributed by atoms with E-state index in [9.17, 15) is 13.6 Å². The monoisotopic (exact) mass is 319 g/mol. The smallest absolute Gasteiger partial charge is 0.356 e. The summed E-state index contributed by atoms with van der Waals surface area (Å²) in [6.45, 7) is 0. The Balaban J connectivity index is 2.71. The molecule has 0 atom stereocenters. The van der Waals surface area contributed by atoms with E-state index >= 15 is 0 Å². The Morgan fingerprint density at radius 1 is 1.20 bits per heavy atom. The van der Waals surface area contributed by atoms with Crippen LogP contribution < -0.4 is 5.73 Å². The first-order chi connectivity index (χ1) is 9.32. The maximum Gasteiger partial charge on any atom is 0.356 e. The van der Waals surface area contributed by atoms with Crippen molar-refractivity contribution in [2.45, 2.75) is 0 Å². The molecule has 0 saturated carbocycles. The van der Waals surface area contributed by atoms with E-state index in [1.807, 2.05) is 0 Å². The molecule has 0 saturated heterocycles. The predicted octanol–water partition coefficient (Wildman–Crippen LogP) is 3.01. The summed E-state index contributed by atoms with van der Waals surface area (Å²) in [7, 11) is 0. The second-order valence-corrected chi connectivity index (χ2v) is 4.41. The van der Waals surface area contributed by atoms with Crippen molar-refractivity contribution in [2.24, 2.45) is 0 Å². The lowest BCUT2D eigenvalue weighted by Crippen LogP contribution is -2.08. The third-order valence-corrected chi connectivity index (χ3v) is 3.02. The number of hydrogen-bond donors (Lipinski definition) is 2. The number of aromatic nitrogens is 2. The van der Waals surface area contributed by atoms with Gasteiger partial charge in [-0.1, -0.05) is 23.2 Å². The fraction of sp³-hybridized carbons (Fsp3) is 0. The first kappa shape index (κ1) is 14.4. The van der Waals surface area contributed by atoms with E-state index in [1.165, 1.54) is 0 Å². The van der Waals surface area contributed by atoms with Gasteiger partial charge in [0.1, 0.15) is 10.8 Å². The Bertz CT molecular complexity index is 725. The third-order valence-electron chi connectivity index (χ3n) is 2.36. The Hall–Kier alpha value is -1.99. The van der Waals surface area contributed by atoms with E-state index < -0.39 is 34.1 Å². The second kappa shape index (κ2) is 5.18. The predicted molar refractivity (Wildman–Crippen MR) is 68.8 cm³/mol. The summed E-state index contributed by atoms with van der Waals surface area (Å²) in [6, 6.07) is 2.19. The van der Waals surface area contributed by atoms with Gasteiger partial charge in [-0.05, 0) is 12.1 Å². The molecule has 104 valence electrons. The topological polar surface area (TPSA) is 89.1 Å². The summed E-state index contributed by atoms with van der Waals surface area (Å²) in [4.78, 5) is 18.1. The van der Waals surface area contributed by atoms with Crippen LogP contribution in [0.4, 0.5) is 14.6 Å². The van der Waals surface area contributed by atoms with E-state index in [0.717, 1.165) is 12.1 Å². The largest absolute Gasteiger partial charge is 0.476 e. The number of nitrogens with two attached hydrogens (primary N) is 1. The van der Waals surface area contributed by atoms with Crippen LogP contribution in [0, 0.1) is 11.6 Å². The highest BCUT2D eigenvalue weighted by Gasteiger charge is 2.21. The number of nitrogens with zero attached hydrogens (tertiary/aromatic N) is 2. The lowest BCUT2D eigenvalue weighted by molar-refractivity contribution is 0.0690. The zero-order valence-corrected chi connectivity index (χ0v) is 11.0. The fourth-order valence-corrected chi connectivity index (χ4v) is 1.74. The molecule has 0 bridgehead atoms. The van der Waals surface area contributed by atoms with Gasteiger partial charge in [0.2, 0.25) is 0 Å². The number of carboxylic acid groups (broad SMARTS) is 1. The van der Waals surface area contributed by atoms with Gasteiger partial charge in [-0.2, -0.15) is 0 Å². The molecule has 3 N–H and O–H groups in total. The molecule has 0 aliphatic rings. The van der Waals surface area contributed by atoms with E-state index in [-0.39, 0.29) is 16.4 Å². The average molecular weight is 320 g/mol. The molecule has 0 aliphatic carbocycles. The van der Waals surface area contributed by atoms with Gasteiger partial charge in [0.25, 0.3) is 0 Å². The molecule has 0 fully saturated rings. The third kappa shape index (κ3) is 2.37. The Labute approximate surface area is 121 Å². The molecular weight excluding hydrogens is 315 g/mol. The zero-order valence-electron chi connectivity index (χ0n) is 9.49. The van der Waals surface area contributed by atoms with E-state index in [2.05, 4.69) is 9.97 Å². The summed E-state index contributed by atoms with van der Waals surface area (Å²) >= 11 is 11.0. The fourth-order valence-electron chi connectivity index (χ4n) is 1.43. The Kier molecular flexibility index (Phi) is 3.74. The minimum Gasteiger partial charge on any atom is -0.476 e. The van der Waals surface area contributed by atoms with Gasteiger partial charge in [-0.15, -0.1) is 0 Å². The van der Waals surface area contributed by atoms with Gasteiger partial charge < -0.3 is 10.8 Å². The summed E-state index contributed by atoms with van der Waals surface area (Å²) in [5.41, 5.74) is 4.44. The second-order valence-electron chi connectivity index (χ2n) is 3.62. The molecule has 0 amide bonds. The highest BCUT2D eigenvalue weighted by molar-refractivity contribution is 6.35. The molecule has 9 heteroatoms. The van der Waals surface area contributed by atoms with Gasteiger partial charge in [-0.3, -0.25) is 0 Å². The Morgan fingerprint density at radius 2 is 1.85 bits per heavy atom. The number of halogens is 4. The number of carbonyl (C=O) groups is 1. The standard InChI is InChI=1S/C11H5Cl2F2N3O2/c12-4-2-1-3(6(14)7(4)15)10-17-8(11(19)20)5(13)9(16)18-10/h1-2H,(H,19,20)(H2,16,17,18). The summed E-state index contributed by atoms with van der Waals surface area (Å²) in [5, 5.41) is 8.11. The first-order valence-corrected chi connectivity index (χ1v) is 5.78. The minimum absolute atomic E-state index is 0.358. The molecule has 5 nitrogen and oxygen atoms in total. The van der Waals surface area contributed by atoms with E-state index in [4.69, 9.17) is 34.0 Å². The average Bonchev–Trinajstić information content (AvgIpc) is 2.39. The van der Waals surface area contributed by atoms with E-state index in [0.29, 0.717) is 0 Å². The molecule has 1 heterocycles. The molecule has 1 aromatic carbocycles. The molecule has 20 heavy (non-hydrogen) atoms. The molecule has 0 spiro atoms. The first-order valence-electron chi connectivity index (χ1n) is 5.03. The number of anilines is 1. The Morgan fingerprint density at radius 3 is 2.45 bits per heavy atom. The van der Waals surface area contributed by atoms with Crippen molar-refractivity contribution in [3.05, 3.63) is 39.5 Å². The van der Waals surface area contributed by atoms with Gasteiger partial charge in [-0.25, -0.2) is 23.5 Å². The quantitative estimate of drug-likeness (QED) is 0.830. The number of aromatic carboxylic acids is 1. The van der Waals surface area contributed by atoms with E-state index in [1.54, 1.807) is 0 Å². The van der Waals surface area contributed by atoms with Crippen molar-refractivity contribution in [1.29, 1.82) is 0 Å². The molecule has 2 aromatic rings. The highest BCUT2D eigenvalue weighted by Crippen LogP contribution is 2.29. The lowest BCUT2D eigenvalue weighted by atomic mass is 10.2. The van der Waals surface area contributed by atoms with Crippen molar-refractivity contribution in [1.82, 2.24) is 9.97 Å². The van der Waals surface area contributed by atoms with Crippen LogP contribution in [-0.4, -0.2) is 21.0 Å². The maximum atomic E-state index is 13.8. The number of benzene rings is 1. The van der Waals surface area contributed by atoms with Crippen LogP contribution in [0.1, 0.15) is 10.5 Å². The van der Waals surface area contributed by atoms with Gasteiger partial charge >= 0.3 is 5.97 Å². The van der Waals surface area contributed by atoms with Crippen LogP contribution in [0.5, 0.6) is 0 Å². The SMILES string of the molecule is Nc1nc(-c2ccc(Cl)c(F)c2F)nc(C(=O)O)c1Cl. The number of nitrogen functional groups attached to an aromatic ring is 1. The summed E-state index contributed by atoms with van der Waals surface area (Å²) in [5.74, 6) is -4.84. The van der Waals surface area contributed by atoms with Crippen LogP contribution in [0.3, 0.4) is 0 Å². The minimum atomic E-state index is -1.47. The summed E-state index contributed by atoms with van der Waals surface area (Å²) in [6.07, 6.45) is 0. The lowest BCUT2D eigenvalue weighted by Gasteiger charge is -2.07. The van der Waals surface area contributed by atoms with Crippen molar-refractivity contribution < 1.29 is 18.7 Å². The van der Waals surface area contributed by atoms with Crippen LogP contribution in [0.2, 0.25) is 10.0 Å². The molecule has 1 aromatic heterocycles. The molecule has 0 aliphatic heterocycles. The van der Waals surface area contributed by atoms with Gasteiger partial charge in [0, 0.05) is 0 Å². The van der Waals surface area contributed by atoms with Crippen LogP contribution in [0.15, 0.2) is 12.1 Å². The molecular formula is C11H5Cl2F2N3O2. The number of rotatable bonds is 2. The molecule has 2 rings (SSSR count). The van der Waals surface area contributed by atoms with Crippen LogP contribution >= 0.6 is 23.2 Å². The molecule has 0 unspecified atom stereocenters. The van der Waals surface area contributed by atoms with Crippen LogP contribution in [0.25, 0.3) is 11.4 Å². The van der Waals surface area contributed by atoms with Crippen molar-refractivity contribution in [2.75, 3.05) is 5.73 Å². The number of hydrogen-bond acceptors (Lipinski definition) is 4. The normalized spacial score (nSPS) is 10.6. The maximum absolute atomic E-state index is 13.8. The summed E-state index contributed by atoms with van der Waals surface area (Å²) < 4.78 is 27.1. The highest BCUT2D eigenvalue weighted by atomic mass is 35.5. The molecule has 0 radical (unpaired) electrons. The van der Waals surface area contributed by atoms with Gasteiger partial charge in [0.05, 0.1) is 10.6 Å². The van der Waals surface area contributed by atoms with Crippen molar-refractivity contribution >= 4 is 35.0 Å². The zero-order chi connectivity index (χ0) is 15.0. The van der Waals surface area contributed by atoms with Crippen LogP contribution in [-0.2, 0) is 0 Å². The van der Waals surface area contributed by atoms with Crippen molar-refractivity contribution in [3.8, 4) is 11.4 Å². The number of carboxylic acids is 1. The van der Waals surface area contributed by atoms with Gasteiger partial charge in [0.15, 0.2) is 23.2 Å². The van der Waals surface area contributed by atoms with Crippen molar-refractivity contribution in [3.63, 3.8) is 0 Å².